The Labute approximate surface area is 119 Å². The van der Waals surface area contributed by atoms with Gasteiger partial charge in [-0.3, -0.25) is 14.9 Å². The number of hydrogen-bond acceptors (Lipinski definition) is 4. The van der Waals surface area contributed by atoms with Gasteiger partial charge >= 0.3 is 0 Å². The van der Waals surface area contributed by atoms with E-state index in [1.54, 1.807) is 20.0 Å². The Kier molecular flexibility index (Phi) is 3.71. The summed E-state index contributed by atoms with van der Waals surface area (Å²) < 4.78 is 1.38. The minimum absolute atomic E-state index is 0.147. The van der Waals surface area contributed by atoms with Gasteiger partial charge in [0.2, 0.25) is 0 Å². The Hall–Kier alpha value is -2.41. The lowest BCUT2D eigenvalue weighted by atomic mass is 10.2. The lowest BCUT2D eigenvalue weighted by molar-refractivity contribution is -0.384. The number of nitro groups is 1. The van der Waals surface area contributed by atoms with E-state index in [0.29, 0.717) is 5.69 Å². The van der Waals surface area contributed by atoms with Crippen LogP contribution in [0.3, 0.4) is 0 Å². The van der Waals surface area contributed by atoms with E-state index < -0.39 is 10.8 Å². The number of nitrogens with zero attached hydrogens (tertiary/aromatic N) is 3. The van der Waals surface area contributed by atoms with Gasteiger partial charge in [-0.1, -0.05) is 11.6 Å². The van der Waals surface area contributed by atoms with Crippen LogP contribution in [0.4, 0.5) is 11.4 Å². The van der Waals surface area contributed by atoms with E-state index in [1.807, 2.05) is 0 Å². The standard InChI is InChI=1S/C12H11ClN4O3/c1-7-3-4-14-11(13)10(7)15-12(18)9-5-8(17(19)20)6-16(9)2/h3-6H,1-2H3,(H,15,18). The number of pyridine rings is 1. The highest BCUT2D eigenvalue weighted by atomic mass is 35.5. The van der Waals surface area contributed by atoms with Crippen LogP contribution >= 0.6 is 11.6 Å². The second kappa shape index (κ2) is 5.30. The van der Waals surface area contributed by atoms with Crippen molar-refractivity contribution in [2.45, 2.75) is 6.92 Å². The zero-order valence-corrected chi connectivity index (χ0v) is 11.5. The molecule has 1 N–H and O–H groups in total. The third kappa shape index (κ3) is 2.62. The molecule has 104 valence electrons. The fourth-order valence-corrected chi connectivity index (χ4v) is 1.98. The molecule has 2 heterocycles. The first-order valence-corrected chi connectivity index (χ1v) is 6.01. The van der Waals surface area contributed by atoms with E-state index in [1.165, 1.54) is 23.0 Å². The van der Waals surface area contributed by atoms with E-state index in [-0.39, 0.29) is 16.5 Å². The molecule has 0 aliphatic heterocycles. The average molecular weight is 295 g/mol. The molecule has 8 heteroatoms. The Morgan fingerprint density at radius 3 is 2.80 bits per heavy atom. The van der Waals surface area contributed by atoms with Crippen molar-refractivity contribution >= 4 is 28.9 Å². The SMILES string of the molecule is Cc1ccnc(Cl)c1NC(=O)c1cc([N+](=O)[O-])cn1C. The minimum atomic E-state index is -0.556. The first-order chi connectivity index (χ1) is 9.40. The molecule has 0 spiro atoms. The van der Waals surface area contributed by atoms with Crippen molar-refractivity contribution in [1.29, 1.82) is 0 Å². The number of hydrogen-bond donors (Lipinski definition) is 1. The lowest BCUT2D eigenvalue weighted by Gasteiger charge is -2.09. The highest BCUT2D eigenvalue weighted by Crippen LogP contribution is 2.24. The van der Waals surface area contributed by atoms with Crippen molar-refractivity contribution in [3.63, 3.8) is 0 Å². The van der Waals surface area contributed by atoms with Gasteiger partial charge in [0.05, 0.1) is 16.8 Å². The number of amides is 1. The lowest BCUT2D eigenvalue weighted by Crippen LogP contribution is -2.16. The molecule has 0 aromatic carbocycles. The maximum absolute atomic E-state index is 12.1. The quantitative estimate of drug-likeness (QED) is 0.535. The summed E-state index contributed by atoms with van der Waals surface area (Å²) in [5.41, 5.74) is 1.16. The molecule has 0 aliphatic rings. The Morgan fingerprint density at radius 2 is 2.25 bits per heavy atom. The van der Waals surface area contributed by atoms with Crippen LogP contribution in [0.15, 0.2) is 24.5 Å². The Bertz CT molecular complexity index is 676. The smallest absolute Gasteiger partial charge is 0.287 e. The van der Waals surface area contributed by atoms with E-state index in [9.17, 15) is 14.9 Å². The van der Waals surface area contributed by atoms with Crippen molar-refractivity contribution in [2.75, 3.05) is 5.32 Å². The van der Waals surface area contributed by atoms with Crippen LogP contribution in [-0.2, 0) is 7.05 Å². The van der Waals surface area contributed by atoms with Crippen LogP contribution in [0, 0.1) is 17.0 Å². The van der Waals surface area contributed by atoms with Gasteiger partial charge < -0.3 is 9.88 Å². The second-order valence-corrected chi connectivity index (χ2v) is 4.56. The van der Waals surface area contributed by atoms with Crippen LogP contribution in [-0.4, -0.2) is 20.4 Å². The van der Waals surface area contributed by atoms with Crippen LogP contribution in [0.5, 0.6) is 0 Å². The molecular formula is C12H11ClN4O3. The van der Waals surface area contributed by atoms with Gasteiger partial charge in [0.25, 0.3) is 11.6 Å². The molecule has 0 aliphatic carbocycles. The molecule has 0 unspecified atom stereocenters. The van der Waals surface area contributed by atoms with Crippen LogP contribution in [0.25, 0.3) is 0 Å². The van der Waals surface area contributed by atoms with Crippen molar-refractivity contribution in [3.05, 3.63) is 51.1 Å². The number of anilines is 1. The minimum Gasteiger partial charge on any atom is -0.340 e. The average Bonchev–Trinajstić information content (AvgIpc) is 2.76. The van der Waals surface area contributed by atoms with Gasteiger partial charge in [0.1, 0.15) is 5.69 Å². The van der Waals surface area contributed by atoms with E-state index in [4.69, 9.17) is 11.6 Å². The summed E-state index contributed by atoms with van der Waals surface area (Å²) in [4.78, 5) is 26.1. The third-order valence-electron chi connectivity index (χ3n) is 2.79. The van der Waals surface area contributed by atoms with Gasteiger partial charge in [-0.05, 0) is 18.6 Å². The van der Waals surface area contributed by atoms with Crippen LogP contribution in [0.2, 0.25) is 5.15 Å². The second-order valence-electron chi connectivity index (χ2n) is 4.20. The number of aromatic nitrogens is 2. The summed E-state index contributed by atoms with van der Waals surface area (Å²) in [6.07, 6.45) is 2.80. The van der Waals surface area contributed by atoms with Gasteiger partial charge in [-0.2, -0.15) is 0 Å². The topological polar surface area (TPSA) is 90.1 Å². The summed E-state index contributed by atoms with van der Waals surface area (Å²) in [7, 11) is 1.56. The summed E-state index contributed by atoms with van der Waals surface area (Å²) >= 11 is 5.92. The number of rotatable bonds is 3. The maximum Gasteiger partial charge on any atom is 0.287 e. The first kappa shape index (κ1) is 14.0. The number of halogens is 1. The van der Waals surface area contributed by atoms with E-state index in [2.05, 4.69) is 10.3 Å². The van der Waals surface area contributed by atoms with Crippen LogP contribution in [0.1, 0.15) is 16.1 Å². The van der Waals surface area contributed by atoms with Crippen molar-refractivity contribution in [3.8, 4) is 0 Å². The predicted molar refractivity (Wildman–Crippen MR) is 74.0 cm³/mol. The molecule has 2 aromatic heterocycles. The number of nitrogens with one attached hydrogen (secondary N) is 1. The highest BCUT2D eigenvalue weighted by Gasteiger charge is 2.19. The highest BCUT2D eigenvalue weighted by molar-refractivity contribution is 6.32. The van der Waals surface area contributed by atoms with Crippen molar-refractivity contribution in [1.82, 2.24) is 9.55 Å². The van der Waals surface area contributed by atoms with Gasteiger partial charge in [0.15, 0.2) is 5.15 Å². The zero-order chi connectivity index (χ0) is 14.9. The molecular weight excluding hydrogens is 284 g/mol. The Morgan fingerprint density at radius 1 is 1.55 bits per heavy atom. The van der Waals surface area contributed by atoms with Gasteiger partial charge in [-0.15, -0.1) is 0 Å². The molecule has 0 atom stereocenters. The normalized spacial score (nSPS) is 10.3. The molecule has 0 radical (unpaired) electrons. The molecule has 20 heavy (non-hydrogen) atoms. The Balaban J connectivity index is 2.31. The largest absolute Gasteiger partial charge is 0.340 e. The third-order valence-corrected chi connectivity index (χ3v) is 3.07. The zero-order valence-electron chi connectivity index (χ0n) is 10.8. The summed E-state index contributed by atoms with van der Waals surface area (Å²) in [5, 5.41) is 13.5. The van der Waals surface area contributed by atoms with E-state index >= 15 is 0 Å². The van der Waals surface area contributed by atoms with Gasteiger partial charge in [0, 0.05) is 19.3 Å². The molecule has 0 saturated carbocycles. The van der Waals surface area contributed by atoms with E-state index in [0.717, 1.165) is 5.56 Å². The number of carbonyl (C=O) groups is 1. The molecule has 2 rings (SSSR count). The fourth-order valence-electron chi connectivity index (χ4n) is 1.73. The van der Waals surface area contributed by atoms with Crippen molar-refractivity contribution in [2.24, 2.45) is 7.05 Å². The molecule has 0 fully saturated rings. The summed E-state index contributed by atoms with van der Waals surface area (Å²) in [6.45, 7) is 1.77. The summed E-state index contributed by atoms with van der Waals surface area (Å²) in [5.74, 6) is -0.487. The molecule has 0 bridgehead atoms. The fraction of sp³-hybridized carbons (Fsp3) is 0.167. The van der Waals surface area contributed by atoms with Crippen LogP contribution < -0.4 is 5.32 Å². The van der Waals surface area contributed by atoms with Gasteiger partial charge in [-0.25, -0.2) is 4.98 Å². The van der Waals surface area contributed by atoms with Crippen molar-refractivity contribution < 1.29 is 9.72 Å². The maximum atomic E-state index is 12.1. The molecule has 1 amide bonds. The molecule has 2 aromatic rings. The number of carbonyl (C=O) groups excluding carboxylic acids is 1. The summed E-state index contributed by atoms with van der Waals surface area (Å²) in [6, 6.07) is 2.91. The number of aryl methyl sites for hydroxylation is 2. The predicted octanol–water partition coefficient (Wildman–Crippen LogP) is 2.54. The monoisotopic (exact) mass is 294 g/mol. The molecule has 0 saturated heterocycles. The molecule has 7 nitrogen and oxygen atoms in total. The first-order valence-electron chi connectivity index (χ1n) is 5.63.